The van der Waals surface area contributed by atoms with E-state index in [0.717, 1.165) is 0 Å². The molecule has 28 heteroatoms. The van der Waals surface area contributed by atoms with Crippen molar-refractivity contribution in [3.63, 3.8) is 0 Å². The van der Waals surface area contributed by atoms with Crippen LogP contribution in [0.5, 0.6) is 0 Å². The van der Waals surface area contributed by atoms with E-state index in [2.05, 4.69) is 52.2 Å². The lowest BCUT2D eigenvalue weighted by molar-refractivity contribution is -0.149. The first kappa shape index (κ1) is 64.3. The first-order chi connectivity index (χ1) is 36.0. The first-order valence-corrected chi connectivity index (χ1v) is 25.5. The summed E-state index contributed by atoms with van der Waals surface area (Å²) in [6, 6.07) is -0.0766. The van der Waals surface area contributed by atoms with Crippen LogP contribution in [0.2, 0.25) is 0 Å². The van der Waals surface area contributed by atoms with Gasteiger partial charge in [0.05, 0.1) is 13.1 Å². The third kappa shape index (κ3) is 24.1. The van der Waals surface area contributed by atoms with Gasteiger partial charge in [-0.3, -0.25) is 53.3 Å². The van der Waals surface area contributed by atoms with Crippen molar-refractivity contribution < 1.29 is 48.3 Å². The van der Waals surface area contributed by atoms with Gasteiger partial charge < -0.3 is 87.4 Å². The molecule has 8 atom stereocenters. The van der Waals surface area contributed by atoms with E-state index in [9.17, 15) is 48.3 Å². The van der Waals surface area contributed by atoms with Gasteiger partial charge in [0.1, 0.15) is 42.3 Å². The van der Waals surface area contributed by atoms with Crippen molar-refractivity contribution in [2.45, 2.75) is 141 Å². The molecule has 1 aromatic carbocycles. The second kappa shape index (κ2) is 33.9. The number of guanidine groups is 3. The Morgan fingerprint density at radius 2 is 1.11 bits per heavy atom. The molecule has 0 aromatic heterocycles. The number of carboxylic acids is 1. The number of nitrogens with zero attached hydrogens (tertiary/aromatic N) is 4. The van der Waals surface area contributed by atoms with Gasteiger partial charge >= 0.3 is 5.97 Å². The Labute approximate surface area is 443 Å². The number of aliphatic imine (C=N–C) groups is 3. The van der Waals surface area contributed by atoms with Crippen LogP contribution in [0.4, 0.5) is 0 Å². The van der Waals surface area contributed by atoms with Gasteiger partial charge in [0.15, 0.2) is 17.9 Å². The summed E-state index contributed by atoms with van der Waals surface area (Å²) in [6.07, 6.45) is 1.50. The highest BCUT2D eigenvalue weighted by molar-refractivity contribution is 5.98. The number of aliphatic carboxylic acids is 1. The Balaban J connectivity index is 2.52. The summed E-state index contributed by atoms with van der Waals surface area (Å²) in [5, 5.41) is 28.4. The van der Waals surface area contributed by atoms with Gasteiger partial charge in [-0.1, -0.05) is 64.4 Å². The lowest BCUT2D eigenvalue weighted by Gasteiger charge is -2.31. The molecule has 0 radical (unpaired) electrons. The minimum absolute atomic E-state index is 0.00644. The van der Waals surface area contributed by atoms with Crippen molar-refractivity contribution in [2.75, 3.05) is 39.3 Å². The van der Waals surface area contributed by atoms with Crippen LogP contribution in [0.15, 0.2) is 45.3 Å². The molecule has 1 saturated heterocycles. The minimum atomic E-state index is -1.38. The van der Waals surface area contributed by atoms with Crippen LogP contribution in [0.25, 0.3) is 0 Å². The van der Waals surface area contributed by atoms with Crippen LogP contribution in [0.3, 0.4) is 0 Å². The summed E-state index contributed by atoms with van der Waals surface area (Å²) >= 11 is 0. The Morgan fingerprint density at radius 3 is 1.59 bits per heavy atom. The van der Waals surface area contributed by atoms with E-state index in [1.807, 2.05) is 13.8 Å². The van der Waals surface area contributed by atoms with Crippen molar-refractivity contribution in [1.29, 1.82) is 0 Å². The fourth-order valence-electron chi connectivity index (χ4n) is 8.09. The number of carbonyl (C=O) groups is 9. The molecule has 2 rings (SSSR count). The fraction of sp³-hybridized carbons (Fsp3) is 0.625. The molecule has 0 bridgehead atoms. The Morgan fingerprint density at radius 1 is 0.632 bits per heavy atom. The molecule has 22 N–H and O–H groups in total. The van der Waals surface area contributed by atoms with E-state index in [-0.39, 0.29) is 114 Å². The third-order valence-electron chi connectivity index (χ3n) is 12.2. The van der Waals surface area contributed by atoms with Crippen LogP contribution in [0.1, 0.15) is 97.5 Å². The van der Waals surface area contributed by atoms with Gasteiger partial charge in [0.25, 0.3) is 0 Å². The molecule has 8 amide bonds. The number of carbonyl (C=O) groups excluding carboxylic acids is 8. The number of hydrogen-bond acceptors (Lipinski definition) is 13. The summed E-state index contributed by atoms with van der Waals surface area (Å²) in [5.41, 5.74) is 39.2. The van der Waals surface area contributed by atoms with E-state index in [1.165, 1.54) is 4.90 Å². The zero-order valence-corrected chi connectivity index (χ0v) is 44.1. The predicted molar refractivity (Wildman–Crippen MR) is 285 cm³/mol. The zero-order chi connectivity index (χ0) is 56.9. The molecule has 1 aromatic rings. The molecule has 1 aliphatic heterocycles. The molecule has 1 aliphatic rings. The van der Waals surface area contributed by atoms with Crippen molar-refractivity contribution in [3.8, 4) is 0 Å². The standard InChI is InChI=1S/C48H82N18O10/c1-5-28(4)38(43(73)63-32(17-11-21-58-48(54)55)44(74)66-22-12-18-35(66)45(75)76)65-40(70)31(16-10-20-57-47(52)53)61-39(69)30(15-9-19-56-46(50)51)62-41(71)33(23-27(2)3)64-42(72)34(24-29-13-7-6-8-14-29)60-37(68)26-59-36(67)25-49/h6-8,13-14,27-28,30-35,38H,5,9-12,15-26,49H2,1-4H3,(H,59,67)(H,60,68)(H,61,69)(H,62,71)(H,63,73)(H,64,72)(H,65,70)(H,75,76)(H4,50,51,56)(H4,52,53,57)(H4,54,55,58). The van der Waals surface area contributed by atoms with E-state index >= 15 is 0 Å². The number of amides is 8. The van der Waals surface area contributed by atoms with Crippen molar-refractivity contribution in [2.24, 2.45) is 66.9 Å². The van der Waals surface area contributed by atoms with Crippen LogP contribution in [0, 0.1) is 11.8 Å². The maximum Gasteiger partial charge on any atom is 0.326 e. The molecule has 76 heavy (non-hydrogen) atoms. The van der Waals surface area contributed by atoms with Crippen LogP contribution >= 0.6 is 0 Å². The number of likely N-dealkylation sites (tertiary alicyclic amines) is 1. The van der Waals surface area contributed by atoms with Crippen LogP contribution in [-0.2, 0) is 49.6 Å². The molecule has 0 spiro atoms. The van der Waals surface area contributed by atoms with E-state index in [1.54, 1.807) is 44.2 Å². The molecule has 424 valence electrons. The number of nitrogens with two attached hydrogens (primary N) is 7. The SMILES string of the molecule is CCC(C)C(NC(=O)C(CCCN=C(N)N)NC(=O)C(CCCN=C(N)N)NC(=O)C(CC(C)C)NC(=O)C(Cc1ccccc1)NC(=O)CNC(=O)CN)C(=O)NC(CCCN=C(N)N)C(=O)N1CCCC1C(=O)O. The second-order valence-electron chi connectivity index (χ2n) is 18.9. The van der Waals surface area contributed by atoms with E-state index in [4.69, 9.17) is 40.1 Å². The molecule has 8 unspecified atom stereocenters. The molecular formula is C48H82N18O10. The maximum atomic E-state index is 14.5. The molecule has 0 saturated carbocycles. The zero-order valence-electron chi connectivity index (χ0n) is 44.1. The molecular weight excluding hydrogens is 989 g/mol. The van der Waals surface area contributed by atoms with E-state index in [0.29, 0.717) is 18.4 Å². The van der Waals surface area contributed by atoms with Crippen molar-refractivity contribution >= 4 is 71.1 Å². The topological polar surface area (TPSA) is 481 Å². The fourth-order valence-corrected chi connectivity index (χ4v) is 8.09. The number of hydrogen-bond donors (Lipinski definition) is 15. The van der Waals surface area contributed by atoms with Gasteiger partial charge in [-0.25, -0.2) is 4.79 Å². The highest BCUT2D eigenvalue weighted by Gasteiger charge is 2.39. The van der Waals surface area contributed by atoms with Gasteiger partial charge in [0.2, 0.25) is 47.3 Å². The second-order valence-corrected chi connectivity index (χ2v) is 18.9. The number of rotatable bonds is 34. The third-order valence-corrected chi connectivity index (χ3v) is 12.2. The van der Waals surface area contributed by atoms with Gasteiger partial charge in [-0.2, -0.15) is 0 Å². The summed E-state index contributed by atoms with van der Waals surface area (Å²) in [5.74, 6) is -8.40. The van der Waals surface area contributed by atoms with Gasteiger partial charge in [-0.05, 0) is 75.2 Å². The average molecular weight is 1070 g/mol. The summed E-state index contributed by atoms with van der Waals surface area (Å²) < 4.78 is 0. The summed E-state index contributed by atoms with van der Waals surface area (Å²) in [6.45, 7) is 6.60. The van der Waals surface area contributed by atoms with E-state index < -0.39 is 108 Å². The largest absolute Gasteiger partial charge is 0.480 e. The van der Waals surface area contributed by atoms with Gasteiger partial charge in [-0.15, -0.1) is 0 Å². The highest BCUT2D eigenvalue weighted by atomic mass is 16.4. The summed E-state index contributed by atoms with van der Waals surface area (Å²) in [7, 11) is 0. The van der Waals surface area contributed by atoms with Crippen molar-refractivity contribution in [3.05, 3.63) is 35.9 Å². The monoisotopic (exact) mass is 1070 g/mol. The van der Waals surface area contributed by atoms with Crippen LogP contribution in [-0.4, -0.2) is 163 Å². The number of carboxylic acid groups (broad SMARTS) is 1. The lowest BCUT2D eigenvalue weighted by atomic mass is 9.96. The van der Waals surface area contributed by atoms with Crippen molar-refractivity contribution in [1.82, 2.24) is 42.1 Å². The highest BCUT2D eigenvalue weighted by Crippen LogP contribution is 2.21. The minimum Gasteiger partial charge on any atom is -0.480 e. The Bertz CT molecular complexity index is 2180. The first-order valence-electron chi connectivity index (χ1n) is 25.5. The lowest BCUT2D eigenvalue weighted by Crippen LogP contribution is -2.61. The molecule has 28 nitrogen and oxygen atoms in total. The van der Waals surface area contributed by atoms with Crippen LogP contribution < -0.4 is 77.4 Å². The Hall–Kier alpha value is -7.78. The molecule has 1 heterocycles. The molecule has 1 fully saturated rings. The summed E-state index contributed by atoms with van der Waals surface area (Å²) in [4.78, 5) is 135. The smallest absolute Gasteiger partial charge is 0.326 e. The average Bonchev–Trinajstić information content (AvgIpc) is 3.87. The van der Waals surface area contributed by atoms with Gasteiger partial charge in [0, 0.05) is 32.6 Å². The number of benzene rings is 1. The molecule has 0 aliphatic carbocycles. The normalized spacial score (nSPS) is 15.7. The maximum absolute atomic E-state index is 14.5. The predicted octanol–water partition coefficient (Wildman–Crippen LogP) is -4.46. The quantitative estimate of drug-likeness (QED) is 0.0176. The number of nitrogens with one attached hydrogen (secondary N) is 7. The Kier molecular flexibility index (Phi) is 28.7.